The Morgan fingerprint density at radius 1 is 1.04 bits per heavy atom. The number of anilines is 1. The van der Waals surface area contributed by atoms with Crippen molar-refractivity contribution in [2.24, 2.45) is 0 Å². The average molecular weight is 341 g/mol. The van der Waals surface area contributed by atoms with Crippen LogP contribution in [0.15, 0.2) is 42.0 Å². The smallest absolute Gasteiger partial charge is 0.160 e. The van der Waals surface area contributed by atoms with Gasteiger partial charge >= 0.3 is 0 Å². The standard InChI is InChI=1S/C21H27NO3/c1-14(2)5-9-18-16(12-17(22)13-20(18)24-3)8-6-15-7-10-19(23)21(11-15)25-4/h5,7,10-13,23H,6,8-9,22H2,1-4H3. The molecule has 25 heavy (non-hydrogen) atoms. The van der Waals surface area contributed by atoms with E-state index in [0.717, 1.165) is 30.6 Å². The third-order valence-corrected chi connectivity index (χ3v) is 4.19. The van der Waals surface area contributed by atoms with Gasteiger partial charge in [0.25, 0.3) is 0 Å². The molecule has 2 aromatic carbocycles. The number of nitrogens with two attached hydrogens (primary N) is 1. The van der Waals surface area contributed by atoms with Gasteiger partial charge in [-0.15, -0.1) is 0 Å². The third kappa shape index (κ3) is 4.92. The van der Waals surface area contributed by atoms with E-state index in [1.54, 1.807) is 20.3 Å². The number of hydrogen-bond acceptors (Lipinski definition) is 4. The van der Waals surface area contributed by atoms with Gasteiger partial charge in [0.15, 0.2) is 11.5 Å². The topological polar surface area (TPSA) is 64.7 Å². The van der Waals surface area contributed by atoms with Gasteiger partial charge in [-0.25, -0.2) is 0 Å². The van der Waals surface area contributed by atoms with Crippen LogP contribution in [-0.2, 0) is 19.3 Å². The molecule has 0 aliphatic carbocycles. The number of methoxy groups -OCH3 is 2. The summed E-state index contributed by atoms with van der Waals surface area (Å²) in [6.45, 7) is 4.18. The van der Waals surface area contributed by atoms with E-state index in [-0.39, 0.29) is 5.75 Å². The van der Waals surface area contributed by atoms with Crippen molar-refractivity contribution in [3.05, 3.63) is 58.7 Å². The zero-order valence-electron chi connectivity index (χ0n) is 15.4. The summed E-state index contributed by atoms with van der Waals surface area (Å²) in [6, 6.07) is 9.35. The van der Waals surface area contributed by atoms with E-state index < -0.39 is 0 Å². The molecular formula is C21H27NO3. The third-order valence-electron chi connectivity index (χ3n) is 4.19. The first-order chi connectivity index (χ1) is 11.9. The molecule has 0 saturated heterocycles. The Morgan fingerprint density at radius 3 is 2.40 bits per heavy atom. The van der Waals surface area contributed by atoms with Crippen molar-refractivity contribution in [3.63, 3.8) is 0 Å². The number of benzene rings is 2. The van der Waals surface area contributed by atoms with Gasteiger partial charge in [-0.1, -0.05) is 17.7 Å². The molecule has 0 heterocycles. The number of aryl methyl sites for hydroxylation is 2. The maximum Gasteiger partial charge on any atom is 0.160 e. The van der Waals surface area contributed by atoms with Crippen molar-refractivity contribution in [2.75, 3.05) is 20.0 Å². The summed E-state index contributed by atoms with van der Waals surface area (Å²) in [5.41, 5.74) is 11.5. The molecule has 0 fully saturated rings. The lowest BCUT2D eigenvalue weighted by Gasteiger charge is -2.15. The van der Waals surface area contributed by atoms with Crippen molar-refractivity contribution in [2.45, 2.75) is 33.1 Å². The van der Waals surface area contributed by atoms with Gasteiger partial charge in [0.2, 0.25) is 0 Å². The molecule has 4 heteroatoms. The highest BCUT2D eigenvalue weighted by atomic mass is 16.5. The molecule has 0 atom stereocenters. The predicted molar refractivity (Wildman–Crippen MR) is 103 cm³/mol. The van der Waals surface area contributed by atoms with E-state index in [0.29, 0.717) is 11.4 Å². The summed E-state index contributed by atoms with van der Waals surface area (Å²) in [4.78, 5) is 0. The van der Waals surface area contributed by atoms with Crippen LogP contribution in [-0.4, -0.2) is 19.3 Å². The minimum Gasteiger partial charge on any atom is -0.504 e. The Bertz CT molecular complexity index is 762. The maximum absolute atomic E-state index is 9.73. The summed E-state index contributed by atoms with van der Waals surface area (Å²) in [7, 11) is 3.23. The summed E-state index contributed by atoms with van der Waals surface area (Å²) in [5.74, 6) is 1.48. The van der Waals surface area contributed by atoms with Crippen molar-refractivity contribution in [1.29, 1.82) is 0 Å². The molecule has 0 amide bonds. The number of hydrogen-bond donors (Lipinski definition) is 2. The minimum absolute atomic E-state index is 0.154. The van der Waals surface area contributed by atoms with Crippen LogP contribution >= 0.6 is 0 Å². The highest BCUT2D eigenvalue weighted by Crippen LogP contribution is 2.30. The largest absolute Gasteiger partial charge is 0.504 e. The molecule has 2 rings (SSSR count). The zero-order valence-corrected chi connectivity index (χ0v) is 15.4. The first-order valence-corrected chi connectivity index (χ1v) is 8.39. The summed E-state index contributed by atoms with van der Waals surface area (Å²) in [6.07, 6.45) is 4.67. The SMILES string of the molecule is COc1cc(CCc2cc(N)cc(OC)c2CC=C(C)C)ccc1O. The first kappa shape index (κ1) is 18.7. The lowest BCUT2D eigenvalue weighted by atomic mass is 9.95. The number of phenolic OH excluding ortho intramolecular Hbond substituents is 1. The second kappa shape index (κ2) is 8.47. The highest BCUT2D eigenvalue weighted by Gasteiger charge is 2.11. The van der Waals surface area contributed by atoms with Gasteiger partial charge < -0.3 is 20.3 Å². The van der Waals surface area contributed by atoms with Crippen LogP contribution in [0.1, 0.15) is 30.5 Å². The Kier molecular flexibility index (Phi) is 6.34. The molecule has 2 aromatic rings. The summed E-state index contributed by atoms with van der Waals surface area (Å²) in [5, 5.41) is 9.73. The zero-order chi connectivity index (χ0) is 18.4. The lowest BCUT2D eigenvalue weighted by molar-refractivity contribution is 0.373. The fraction of sp³-hybridized carbons (Fsp3) is 0.333. The molecule has 0 aliphatic heterocycles. The molecule has 0 saturated carbocycles. The van der Waals surface area contributed by atoms with E-state index in [9.17, 15) is 5.11 Å². The first-order valence-electron chi connectivity index (χ1n) is 8.39. The van der Waals surface area contributed by atoms with Crippen LogP contribution in [0.4, 0.5) is 5.69 Å². The van der Waals surface area contributed by atoms with E-state index in [2.05, 4.69) is 19.9 Å². The fourth-order valence-corrected chi connectivity index (χ4v) is 2.83. The van der Waals surface area contributed by atoms with Crippen LogP contribution in [0, 0.1) is 0 Å². The van der Waals surface area contributed by atoms with E-state index >= 15 is 0 Å². The van der Waals surface area contributed by atoms with E-state index in [1.807, 2.05) is 24.3 Å². The van der Waals surface area contributed by atoms with Gasteiger partial charge in [-0.2, -0.15) is 0 Å². The molecule has 3 N–H and O–H groups in total. The van der Waals surface area contributed by atoms with Gasteiger partial charge in [0.05, 0.1) is 14.2 Å². The summed E-state index contributed by atoms with van der Waals surface area (Å²) < 4.78 is 10.7. The summed E-state index contributed by atoms with van der Waals surface area (Å²) >= 11 is 0. The lowest BCUT2D eigenvalue weighted by Crippen LogP contribution is -2.02. The van der Waals surface area contributed by atoms with Gasteiger partial charge in [-0.3, -0.25) is 0 Å². The fourth-order valence-electron chi connectivity index (χ4n) is 2.83. The number of nitrogen functional groups attached to an aromatic ring is 1. The average Bonchev–Trinajstić information content (AvgIpc) is 2.59. The normalized spacial score (nSPS) is 10.4. The van der Waals surface area contributed by atoms with Crippen LogP contribution in [0.2, 0.25) is 0 Å². The van der Waals surface area contributed by atoms with Gasteiger partial charge in [0, 0.05) is 17.3 Å². The van der Waals surface area contributed by atoms with Crippen LogP contribution < -0.4 is 15.2 Å². The Hall–Kier alpha value is -2.62. The molecule has 0 radical (unpaired) electrons. The van der Waals surface area contributed by atoms with Crippen molar-refractivity contribution in [3.8, 4) is 17.2 Å². The molecule has 0 aliphatic rings. The van der Waals surface area contributed by atoms with E-state index in [1.165, 1.54) is 16.7 Å². The second-order valence-corrected chi connectivity index (χ2v) is 6.35. The molecule has 0 aromatic heterocycles. The minimum atomic E-state index is 0.154. The predicted octanol–water partition coefficient (Wildman–Crippen LogP) is 4.29. The number of aromatic hydroxyl groups is 1. The second-order valence-electron chi connectivity index (χ2n) is 6.35. The van der Waals surface area contributed by atoms with Crippen molar-refractivity contribution < 1.29 is 14.6 Å². The molecular weight excluding hydrogens is 314 g/mol. The molecule has 0 spiro atoms. The Morgan fingerprint density at radius 2 is 1.76 bits per heavy atom. The number of phenols is 1. The van der Waals surface area contributed by atoms with Crippen LogP contribution in [0.25, 0.3) is 0 Å². The Labute approximate surface area is 149 Å². The van der Waals surface area contributed by atoms with Crippen molar-refractivity contribution >= 4 is 5.69 Å². The Balaban J connectivity index is 2.28. The van der Waals surface area contributed by atoms with Crippen molar-refractivity contribution in [1.82, 2.24) is 0 Å². The molecule has 0 unspecified atom stereocenters. The number of ether oxygens (including phenoxy) is 2. The molecule has 134 valence electrons. The van der Waals surface area contributed by atoms with E-state index in [4.69, 9.17) is 15.2 Å². The van der Waals surface area contributed by atoms with Crippen LogP contribution in [0.3, 0.4) is 0 Å². The van der Waals surface area contributed by atoms with Gasteiger partial charge in [-0.05, 0) is 62.4 Å². The van der Waals surface area contributed by atoms with Crippen LogP contribution in [0.5, 0.6) is 17.2 Å². The molecule has 0 bridgehead atoms. The van der Waals surface area contributed by atoms with Gasteiger partial charge in [0.1, 0.15) is 5.75 Å². The monoisotopic (exact) mass is 341 g/mol. The quantitative estimate of drug-likeness (QED) is 0.582. The number of allylic oxidation sites excluding steroid dienone is 2. The number of rotatable bonds is 7. The molecule has 4 nitrogen and oxygen atoms in total. The highest BCUT2D eigenvalue weighted by molar-refractivity contribution is 5.54. The maximum atomic E-state index is 9.73.